The number of amides is 1. The maximum atomic E-state index is 15.3. The highest BCUT2D eigenvalue weighted by Crippen LogP contribution is 2.38. The van der Waals surface area contributed by atoms with Gasteiger partial charge in [-0.3, -0.25) is 4.68 Å². The molecule has 1 amide bonds. The maximum Gasteiger partial charge on any atom is 0.428 e. The summed E-state index contributed by atoms with van der Waals surface area (Å²) >= 11 is 0. The van der Waals surface area contributed by atoms with Gasteiger partial charge in [0.25, 0.3) is 0 Å². The molecular formula is C36H38F3N5O6S. The van der Waals surface area contributed by atoms with E-state index in [2.05, 4.69) is 10.1 Å². The van der Waals surface area contributed by atoms with Crippen molar-refractivity contribution in [1.82, 2.24) is 19.3 Å². The zero-order valence-corrected chi connectivity index (χ0v) is 30.4. The number of ether oxygens (including phenoxy) is 2. The zero-order chi connectivity index (χ0) is 37.8. The van der Waals surface area contributed by atoms with E-state index in [9.17, 15) is 26.8 Å². The van der Waals surface area contributed by atoms with Crippen molar-refractivity contribution >= 4 is 38.9 Å². The van der Waals surface area contributed by atoms with Crippen molar-refractivity contribution in [3.05, 3.63) is 89.3 Å². The summed E-state index contributed by atoms with van der Waals surface area (Å²) in [5.41, 5.74) is 1.09. The number of hydrogen-bond donors (Lipinski definition) is 0. The molecule has 0 N–H and O–H groups in total. The van der Waals surface area contributed by atoms with E-state index in [1.807, 2.05) is 0 Å². The molecule has 0 saturated heterocycles. The second-order valence-corrected chi connectivity index (χ2v) is 16.0. The molecule has 51 heavy (non-hydrogen) atoms. The third-order valence-corrected chi connectivity index (χ3v) is 8.54. The fraction of sp³-hybridized carbons (Fsp3) is 0.333. The van der Waals surface area contributed by atoms with Gasteiger partial charge in [0.2, 0.25) is 10.0 Å². The lowest BCUT2D eigenvalue weighted by Gasteiger charge is -2.26. The fourth-order valence-electron chi connectivity index (χ4n) is 5.59. The Morgan fingerprint density at radius 2 is 1.51 bits per heavy atom. The van der Waals surface area contributed by atoms with E-state index < -0.39 is 56.6 Å². The summed E-state index contributed by atoms with van der Waals surface area (Å²) in [6.45, 7) is 13.4. The molecule has 5 aromatic rings. The summed E-state index contributed by atoms with van der Waals surface area (Å²) < 4.78 is 82.8. The molecule has 15 heteroatoms. The molecular weight excluding hydrogens is 687 g/mol. The maximum absolute atomic E-state index is 15.3. The molecule has 0 spiro atoms. The minimum absolute atomic E-state index is 0.0579. The van der Waals surface area contributed by atoms with Crippen LogP contribution in [0.25, 0.3) is 33.3 Å². The van der Waals surface area contributed by atoms with Gasteiger partial charge in [0.15, 0.2) is 0 Å². The first-order valence-corrected chi connectivity index (χ1v) is 17.6. The Labute approximate surface area is 293 Å². The van der Waals surface area contributed by atoms with Crippen LogP contribution in [0.4, 0.5) is 28.4 Å². The first-order valence-electron chi connectivity index (χ1n) is 15.8. The van der Waals surface area contributed by atoms with Gasteiger partial charge in [-0.25, -0.2) is 40.7 Å². The topological polar surface area (TPSA) is 126 Å². The van der Waals surface area contributed by atoms with Crippen LogP contribution in [0.5, 0.6) is 0 Å². The largest absolute Gasteiger partial charge is 0.443 e. The number of aryl methyl sites for hydroxylation is 1. The molecule has 0 aliphatic rings. The van der Waals surface area contributed by atoms with Crippen LogP contribution in [0.15, 0.2) is 54.9 Å². The van der Waals surface area contributed by atoms with Gasteiger partial charge in [0, 0.05) is 46.2 Å². The Hall–Kier alpha value is -5.18. The van der Waals surface area contributed by atoms with Gasteiger partial charge in [-0.15, -0.1) is 0 Å². The van der Waals surface area contributed by atoms with Gasteiger partial charge in [-0.2, -0.15) is 9.40 Å². The molecule has 3 heterocycles. The highest BCUT2D eigenvalue weighted by molar-refractivity contribution is 7.92. The summed E-state index contributed by atoms with van der Waals surface area (Å²) in [6.07, 6.45) is 1.75. The number of nitrogens with zero attached hydrogens (tertiary/aromatic N) is 5. The fourth-order valence-corrected chi connectivity index (χ4v) is 6.40. The molecule has 2 aromatic carbocycles. The van der Waals surface area contributed by atoms with Gasteiger partial charge < -0.3 is 9.47 Å². The van der Waals surface area contributed by atoms with Crippen LogP contribution < -0.4 is 4.31 Å². The molecule has 0 atom stereocenters. The highest BCUT2D eigenvalue weighted by Gasteiger charge is 2.33. The van der Waals surface area contributed by atoms with Crippen LogP contribution in [0.1, 0.15) is 58.5 Å². The smallest absolute Gasteiger partial charge is 0.428 e. The lowest BCUT2D eigenvalue weighted by Crippen LogP contribution is -2.40. The van der Waals surface area contributed by atoms with Crippen molar-refractivity contribution in [3.8, 4) is 22.3 Å². The normalized spacial score (nSPS) is 12.3. The van der Waals surface area contributed by atoms with E-state index in [1.165, 1.54) is 35.0 Å². The number of anilines is 1. The molecule has 0 aliphatic heterocycles. The number of benzene rings is 2. The van der Waals surface area contributed by atoms with E-state index in [4.69, 9.17) is 9.47 Å². The Morgan fingerprint density at radius 1 is 0.882 bits per heavy atom. The lowest BCUT2D eigenvalue weighted by molar-refractivity contribution is 0.0541. The van der Waals surface area contributed by atoms with Gasteiger partial charge in [-0.05, 0) is 96.8 Å². The molecule has 3 aromatic heterocycles. The second kappa shape index (κ2) is 13.2. The molecule has 0 saturated carbocycles. The van der Waals surface area contributed by atoms with Crippen molar-refractivity contribution in [2.75, 3.05) is 10.6 Å². The Morgan fingerprint density at radius 3 is 2.10 bits per heavy atom. The van der Waals surface area contributed by atoms with Crippen LogP contribution in [-0.4, -0.2) is 57.4 Å². The summed E-state index contributed by atoms with van der Waals surface area (Å²) in [5, 5.41) is 5.08. The van der Waals surface area contributed by atoms with E-state index in [0.717, 1.165) is 18.4 Å². The SMILES string of the molecule is Cc1nn(Cc2cc(F)cc(F)c2)c(C)c1-c1cn(C(=O)OC(C)(C)C)c2ncc(-c3ccc(F)c(N(C(=O)OC(C)(C)C)S(C)(=O)=O)c3)cc12. The third kappa shape index (κ3) is 8.08. The summed E-state index contributed by atoms with van der Waals surface area (Å²) in [4.78, 5) is 31.0. The quantitative estimate of drug-likeness (QED) is 0.172. The van der Waals surface area contributed by atoms with Crippen molar-refractivity contribution in [1.29, 1.82) is 0 Å². The summed E-state index contributed by atoms with van der Waals surface area (Å²) in [7, 11) is -4.35. The molecule has 0 fully saturated rings. The average Bonchev–Trinajstić information content (AvgIpc) is 3.46. The average molecular weight is 726 g/mol. The lowest BCUT2D eigenvalue weighted by atomic mass is 10.0. The monoisotopic (exact) mass is 725 g/mol. The van der Waals surface area contributed by atoms with Gasteiger partial charge in [0.1, 0.15) is 34.3 Å². The van der Waals surface area contributed by atoms with Crippen molar-refractivity contribution in [3.63, 3.8) is 0 Å². The van der Waals surface area contributed by atoms with Crippen molar-refractivity contribution < 1.29 is 40.7 Å². The standard InChI is InChI=1S/C36H38F3N5O6S/c1-20-31(21(2)43(41-20)18-22-12-25(37)16-26(38)13-22)28-19-42(33(45)49-35(3,4)5)32-27(28)14-24(17-40-32)23-10-11-29(39)30(15-23)44(51(9,47)48)34(46)50-36(6,7)8/h10-17,19H,18H2,1-9H3. The number of aromatic nitrogens is 4. The minimum Gasteiger partial charge on any atom is -0.443 e. The predicted octanol–water partition coefficient (Wildman–Crippen LogP) is 8.13. The number of fused-ring (bicyclic) bond motifs is 1. The van der Waals surface area contributed by atoms with Gasteiger partial charge >= 0.3 is 12.2 Å². The van der Waals surface area contributed by atoms with Crippen LogP contribution >= 0.6 is 0 Å². The van der Waals surface area contributed by atoms with Crippen LogP contribution in [0, 0.1) is 31.3 Å². The number of rotatable bonds is 6. The zero-order valence-electron chi connectivity index (χ0n) is 29.6. The summed E-state index contributed by atoms with van der Waals surface area (Å²) in [5.74, 6) is -2.43. The molecule has 0 bridgehead atoms. The molecule has 270 valence electrons. The number of carbonyl (C=O) groups is 2. The van der Waals surface area contributed by atoms with Crippen LogP contribution in [0.3, 0.4) is 0 Å². The van der Waals surface area contributed by atoms with E-state index in [1.54, 1.807) is 72.3 Å². The third-order valence-electron chi connectivity index (χ3n) is 7.53. The van der Waals surface area contributed by atoms with Crippen LogP contribution in [-0.2, 0) is 26.0 Å². The molecule has 0 aliphatic carbocycles. The van der Waals surface area contributed by atoms with Gasteiger partial charge in [-0.1, -0.05) is 6.07 Å². The first-order chi connectivity index (χ1) is 23.5. The molecule has 0 radical (unpaired) electrons. The Kier molecular flexibility index (Phi) is 9.58. The summed E-state index contributed by atoms with van der Waals surface area (Å²) in [6, 6.07) is 8.52. The highest BCUT2D eigenvalue weighted by atomic mass is 32.2. The first kappa shape index (κ1) is 37.1. The number of carbonyl (C=O) groups excluding carboxylic acids is 2. The predicted molar refractivity (Wildman–Crippen MR) is 186 cm³/mol. The minimum atomic E-state index is -4.35. The van der Waals surface area contributed by atoms with E-state index in [-0.39, 0.29) is 16.5 Å². The number of hydrogen-bond acceptors (Lipinski definition) is 8. The van der Waals surface area contributed by atoms with Gasteiger partial charge in [0.05, 0.1) is 24.2 Å². The van der Waals surface area contributed by atoms with Crippen molar-refractivity contribution in [2.45, 2.75) is 73.1 Å². The number of pyridine rings is 1. The van der Waals surface area contributed by atoms with Crippen LogP contribution in [0.2, 0.25) is 0 Å². The van der Waals surface area contributed by atoms with E-state index >= 15 is 4.39 Å². The second-order valence-electron chi connectivity index (χ2n) is 14.1. The van der Waals surface area contributed by atoms with Crippen molar-refractivity contribution in [2.24, 2.45) is 0 Å². The molecule has 0 unspecified atom stereocenters. The molecule has 5 rings (SSSR count). The molecule has 11 nitrogen and oxygen atoms in total. The Bertz CT molecular complexity index is 2280. The van der Waals surface area contributed by atoms with E-state index in [0.29, 0.717) is 44.6 Å². The number of halogens is 3. The number of sulfonamides is 1. The Balaban J connectivity index is 1.69.